The van der Waals surface area contributed by atoms with Crippen molar-refractivity contribution in [2.45, 2.75) is 51.5 Å². The average Bonchev–Trinajstić information content (AvgIpc) is 2.58. The highest BCUT2D eigenvalue weighted by atomic mass is 16.1. The zero-order valence-corrected chi connectivity index (χ0v) is 15.9. The average molecular weight is 354 g/mol. The molecular formula is C22H31N3O. The van der Waals surface area contributed by atoms with Crippen LogP contribution in [-0.2, 0) is 4.79 Å². The Bertz CT molecular complexity index is 597. The molecule has 4 nitrogen and oxygen atoms in total. The molecular weight excluding hydrogens is 322 g/mol. The van der Waals surface area contributed by atoms with Crippen LogP contribution in [0.4, 0.5) is 0 Å². The summed E-state index contributed by atoms with van der Waals surface area (Å²) in [4.78, 5) is 14.6. The lowest BCUT2D eigenvalue weighted by molar-refractivity contribution is -0.122. The number of hydrogen-bond donors (Lipinski definition) is 1. The molecule has 0 spiro atoms. The Morgan fingerprint density at radius 1 is 1.19 bits per heavy atom. The predicted octanol–water partition coefficient (Wildman–Crippen LogP) is 3.79. The number of carbonyl (C=O) groups excluding carboxylic acids is 1. The van der Waals surface area contributed by atoms with E-state index in [0.29, 0.717) is 13.1 Å². The van der Waals surface area contributed by atoms with E-state index >= 15 is 0 Å². The quantitative estimate of drug-likeness (QED) is 0.410. The standard InChI is InChI=1S/C22H31N3O/c1-4-6-25(7-5-2)15-20(14-23)21(26)24-16(3)22-11-17-8-18(12-22)10-19(9-17)13-22/h4-5,15-19H,1-2,6-13H2,3H3,(H,24,26)/b20-15-. The van der Waals surface area contributed by atoms with E-state index in [1.807, 2.05) is 4.90 Å². The van der Waals surface area contributed by atoms with Gasteiger partial charge in [0.15, 0.2) is 0 Å². The maximum Gasteiger partial charge on any atom is 0.263 e. The largest absolute Gasteiger partial charge is 0.369 e. The van der Waals surface area contributed by atoms with Gasteiger partial charge in [-0.3, -0.25) is 4.79 Å². The SMILES string of the molecule is C=CCN(/C=C(/C#N)C(=O)NC(C)C12CC3CC(CC(C3)C1)C2)CC=C. The second-order valence-electron chi connectivity index (χ2n) is 8.66. The van der Waals surface area contributed by atoms with E-state index < -0.39 is 0 Å². The van der Waals surface area contributed by atoms with Crippen LogP contribution < -0.4 is 5.32 Å². The number of rotatable bonds is 8. The summed E-state index contributed by atoms with van der Waals surface area (Å²) in [5.41, 5.74) is 0.401. The van der Waals surface area contributed by atoms with Gasteiger partial charge < -0.3 is 10.2 Å². The highest BCUT2D eigenvalue weighted by Crippen LogP contribution is 2.61. The van der Waals surface area contributed by atoms with Gasteiger partial charge >= 0.3 is 0 Å². The van der Waals surface area contributed by atoms with Gasteiger partial charge in [0.05, 0.1) is 0 Å². The first-order valence-corrected chi connectivity index (χ1v) is 9.88. The van der Waals surface area contributed by atoms with E-state index in [-0.39, 0.29) is 22.9 Å². The Hall–Kier alpha value is -2.02. The molecule has 4 aliphatic carbocycles. The summed E-state index contributed by atoms with van der Waals surface area (Å²) in [5, 5.41) is 12.6. The van der Waals surface area contributed by atoms with Crippen molar-refractivity contribution < 1.29 is 4.79 Å². The molecule has 0 aromatic rings. The van der Waals surface area contributed by atoms with Gasteiger partial charge in [-0.1, -0.05) is 12.2 Å². The van der Waals surface area contributed by atoms with Crippen molar-refractivity contribution in [2.75, 3.05) is 13.1 Å². The van der Waals surface area contributed by atoms with Crippen LogP contribution in [0, 0.1) is 34.5 Å². The van der Waals surface area contributed by atoms with Gasteiger partial charge in [-0.15, -0.1) is 13.2 Å². The summed E-state index contributed by atoms with van der Waals surface area (Å²) in [6.07, 6.45) is 13.0. The Labute approximate surface area is 157 Å². The summed E-state index contributed by atoms with van der Waals surface area (Å²) < 4.78 is 0. The van der Waals surface area contributed by atoms with Crippen LogP contribution >= 0.6 is 0 Å². The minimum atomic E-state index is -0.256. The third-order valence-corrected chi connectivity index (χ3v) is 6.76. The molecule has 0 aromatic carbocycles. The summed E-state index contributed by atoms with van der Waals surface area (Å²) in [6, 6.07) is 2.19. The van der Waals surface area contributed by atoms with Gasteiger partial charge in [-0.05, 0) is 68.6 Å². The Morgan fingerprint density at radius 2 is 1.69 bits per heavy atom. The minimum Gasteiger partial charge on any atom is -0.369 e. The highest BCUT2D eigenvalue weighted by Gasteiger charge is 2.53. The fourth-order valence-corrected chi connectivity index (χ4v) is 5.97. The molecule has 1 unspecified atom stereocenters. The van der Waals surface area contributed by atoms with Crippen molar-refractivity contribution in [1.29, 1.82) is 5.26 Å². The molecule has 0 saturated heterocycles. The molecule has 4 fully saturated rings. The molecule has 1 N–H and O–H groups in total. The normalized spacial score (nSPS) is 33.2. The first-order chi connectivity index (χ1) is 12.5. The fraction of sp³-hybridized carbons (Fsp3) is 0.636. The minimum absolute atomic E-state index is 0.118. The third-order valence-electron chi connectivity index (χ3n) is 6.76. The van der Waals surface area contributed by atoms with E-state index in [1.54, 1.807) is 18.4 Å². The van der Waals surface area contributed by atoms with Crippen molar-refractivity contribution >= 4 is 5.91 Å². The van der Waals surface area contributed by atoms with E-state index in [4.69, 9.17) is 0 Å². The van der Waals surface area contributed by atoms with E-state index in [2.05, 4.69) is 31.5 Å². The molecule has 0 radical (unpaired) electrons. The van der Waals surface area contributed by atoms with E-state index in [1.165, 1.54) is 38.5 Å². The molecule has 4 heteroatoms. The Balaban J connectivity index is 1.69. The van der Waals surface area contributed by atoms with E-state index in [9.17, 15) is 10.1 Å². The lowest BCUT2D eigenvalue weighted by Gasteiger charge is -2.59. The maximum absolute atomic E-state index is 12.7. The summed E-state index contributed by atoms with van der Waals surface area (Å²) in [7, 11) is 0. The van der Waals surface area contributed by atoms with Gasteiger partial charge in [-0.25, -0.2) is 0 Å². The molecule has 4 rings (SSSR count). The Kier molecular flexibility index (Phi) is 5.55. The molecule has 1 amide bonds. The number of amides is 1. The first-order valence-electron chi connectivity index (χ1n) is 9.88. The number of nitrogens with one attached hydrogen (secondary N) is 1. The second-order valence-corrected chi connectivity index (χ2v) is 8.66. The fourth-order valence-electron chi connectivity index (χ4n) is 5.97. The van der Waals surface area contributed by atoms with Gasteiger partial charge in [0.2, 0.25) is 0 Å². The van der Waals surface area contributed by atoms with Gasteiger partial charge in [-0.2, -0.15) is 5.26 Å². The van der Waals surface area contributed by atoms with Crippen LogP contribution in [0.2, 0.25) is 0 Å². The summed E-state index contributed by atoms with van der Waals surface area (Å²) in [5.74, 6) is 2.29. The number of nitriles is 1. The third kappa shape index (κ3) is 3.72. The van der Waals surface area contributed by atoms with Gasteiger partial charge in [0.1, 0.15) is 11.6 Å². The highest BCUT2D eigenvalue weighted by molar-refractivity contribution is 5.97. The summed E-state index contributed by atoms with van der Waals surface area (Å²) in [6.45, 7) is 10.8. The predicted molar refractivity (Wildman–Crippen MR) is 104 cm³/mol. The molecule has 26 heavy (non-hydrogen) atoms. The number of carbonyl (C=O) groups is 1. The molecule has 140 valence electrons. The monoisotopic (exact) mass is 353 g/mol. The van der Waals surface area contributed by atoms with Crippen LogP contribution in [0.15, 0.2) is 37.1 Å². The molecule has 0 heterocycles. The van der Waals surface area contributed by atoms with Crippen molar-refractivity contribution in [2.24, 2.45) is 23.2 Å². The second kappa shape index (κ2) is 7.70. The summed E-state index contributed by atoms with van der Waals surface area (Å²) >= 11 is 0. The van der Waals surface area contributed by atoms with Crippen molar-refractivity contribution in [3.63, 3.8) is 0 Å². The van der Waals surface area contributed by atoms with Crippen molar-refractivity contribution in [3.05, 3.63) is 37.1 Å². The number of nitrogens with zero attached hydrogens (tertiary/aromatic N) is 2. The van der Waals surface area contributed by atoms with Crippen LogP contribution in [-0.4, -0.2) is 29.9 Å². The number of hydrogen-bond acceptors (Lipinski definition) is 3. The lowest BCUT2D eigenvalue weighted by atomic mass is 9.48. The van der Waals surface area contributed by atoms with Crippen LogP contribution in [0.5, 0.6) is 0 Å². The van der Waals surface area contributed by atoms with Crippen molar-refractivity contribution in [1.82, 2.24) is 10.2 Å². The molecule has 4 saturated carbocycles. The first kappa shape index (κ1) is 18.8. The Morgan fingerprint density at radius 3 is 2.12 bits per heavy atom. The van der Waals surface area contributed by atoms with E-state index in [0.717, 1.165) is 17.8 Å². The zero-order valence-electron chi connectivity index (χ0n) is 15.9. The van der Waals surface area contributed by atoms with Crippen LogP contribution in [0.3, 0.4) is 0 Å². The molecule has 4 bridgehead atoms. The zero-order chi connectivity index (χ0) is 18.7. The molecule has 0 aliphatic heterocycles. The van der Waals surface area contributed by atoms with Gasteiger partial charge in [0.25, 0.3) is 5.91 Å². The molecule has 1 atom stereocenters. The van der Waals surface area contributed by atoms with Crippen LogP contribution in [0.25, 0.3) is 0 Å². The van der Waals surface area contributed by atoms with Crippen molar-refractivity contribution in [3.8, 4) is 6.07 Å². The van der Waals surface area contributed by atoms with Gasteiger partial charge in [0, 0.05) is 25.3 Å². The molecule has 0 aromatic heterocycles. The lowest BCUT2D eigenvalue weighted by Crippen LogP contribution is -2.56. The topological polar surface area (TPSA) is 56.1 Å². The smallest absolute Gasteiger partial charge is 0.263 e. The maximum atomic E-state index is 12.7. The molecule has 4 aliphatic rings. The van der Waals surface area contributed by atoms with Crippen LogP contribution in [0.1, 0.15) is 45.4 Å².